The molecule has 2 rings (SSSR count). The molecule has 30 heavy (non-hydrogen) atoms. The van der Waals surface area contributed by atoms with Crippen molar-refractivity contribution in [2.24, 2.45) is 4.99 Å². The van der Waals surface area contributed by atoms with E-state index in [1.54, 1.807) is 57.5 Å². The van der Waals surface area contributed by atoms with E-state index < -0.39 is 10.0 Å². The minimum atomic E-state index is -3.54. The minimum absolute atomic E-state index is 0.0416. The first-order valence-corrected chi connectivity index (χ1v) is 11.0. The summed E-state index contributed by atoms with van der Waals surface area (Å²) < 4.78 is 27.1. The van der Waals surface area contributed by atoms with Gasteiger partial charge in [-0.15, -0.1) is 0 Å². The van der Waals surface area contributed by atoms with Gasteiger partial charge >= 0.3 is 0 Å². The third-order valence-electron chi connectivity index (χ3n) is 4.33. The third kappa shape index (κ3) is 6.85. The van der Waals surface area contributed by atoms with Crippen molar-refractivity contribution in [2.45, 2.75) is 18.4 Å². The monoisotopic (exact) mass is 431 g/mol. The zero-order chi connectivity index (χ0) is 22.1. The average molecular weight is 432 g/mol. The molecule has 0 fully saturated rings. The number of benzene rings is 2. The molecule has 162 valence electrons. The van der Waals surface area contributed by atoms with Crippen molar-refractivity contribution in [3.63, 3.8) is 0 Å². The second-order valence-electron chi connectivity index (χ2n) is 6.96. The first-order valence-electron chi connectivity index (χ1n) is 9.54. The smallest absolute Gasteiger partial charge is 0.253 e. The molecule has 0 bridgehead atoms. The van der Waals surface area contributed by atoms with Crippen LogP contribution in [0.15, 0.2) is 58.4 Å². The lowest BCUT2D eigenvalue weighted by molar-refractivity contribution is 0.0827. The fourth-order valence-corrected chi connectivity index (χ4v) is 3.63. The van der Waals surface area contributed by atoms with Gasteiger partial charge in [0.25, 0.3) is 5.91 Å². The van der Waals surface area contributed by atoms with Crippen LogP contribution in [0.4, 0.5) is 0 Å². The Morgan fingerprint density at radius 3 is 2.17 bits per heavy atom. The predicted octanol–water partition coefficient (Wildman–Crippen LogP) is 1.34. The van der Waals surface area contributed by atoms with Gasteiger partial charge in [0.15, 0.2) is 5.96 Å². The minimum Gasteiger partial charge on any atom is -0.355 e. The van der Waals surface area contributed by atoms with Gasteiger partial charge in [-0.1, -0.05) is 29.8 Å². The van der Waals surface area contributed by atoms with E-state index in [1.165, 1.54) is 4.90 Å². The molecular formula is C21H29N5O3S. The van der Waals surface area contributed by atoms with E-state index in [0.717, 1.165) is 11.1 Å². The quantitative estimate of drug-likeness (QED) is 0.333. The number of hydrogen-bond donors (Lipinski definition) is 3. The Morgan fingerprint density at radius 2 is 1.60 bits per heavy atom. The van der Waals surface area contributed by atoms with E-state index in [1.807, 2.05) is 19.1 Å². The van der Waals surface area contributed by atoms with E-state index >= 15 is 0 Å². The summed E-state index contributed by atoms with van der Waals surface area (Å²) in [5, 5.41) is 6.23. The summed E-state index contributed by atoms with van der Waals surface area (Å²) in [6, 6.07) is 14.0. The normalized spacial score (nSPS) is 11.8. The number of aryl methyl sites for hydroxylation is 1. The number of guanidine groups is 1. The van der Waals surface area contributed by atoms with Crippen LogP contribution in [0.3, 0.4) is 0 Å². The van der Waals surface area contributed by atoms with Crippen LogP contribution in [0.25, 0.3) is 0 Å². The van der Waals surface area contributed by atoms with Crippen molar-refractivity contribution < 1.29 is 13.2 Å². The van der Waals surface area contributed by atoms with E-state index in [-0.39, 0.29) is 17.3 Å². The number of nitrogens with zero attached hydrogens (tertiary/aromatic N) is 2. The van der Waals surface area contributed by atoms with Gasteiger partial charge in [0.05, 0.1) is 4.90 Å². The van der Waals surface area contributed by atoms with Crippen molar-refractivity contribution in [3.05, 3.63) is 65.2 Å². The van der Waals surface area contributed by atoms with E-state index in [2.05, 4.69) is 20.3 Å². The molecule has 0 aliphatic carbocycles. The maximum absolute atomic E-state index is 12.3. The number of amides is 1. The summed E-state index contributed by atoms with van der Waals surface area (Å²) in [6.07, 6.45) is 0. The van der Waals surface area contributed by atoms with E-state index in [0.29, 0.717) is 24.6 Å². The van der Waals surface area contributed by atoms with Gasteiger partial charge in [0.2, 0.25) is 10.0 Å². The SMILES string of the molecule is CN=C(NCCNS(=O)(=O)c1ccc(C)cc1)NCc1ccc(C(=O)N(C)C)cc1. The Balaban J connectivity index is 1.78. The summed E-state index contributed by atoms with van der Waals surface area (Å²) in [6.45, 7) is 3.02. The van der Waals surface area contributed by atoms with E-state index in [4.69, 9.17) is 0 Å². The number of carbonyl (C=O) groups is 1. The lowest BCUT2D eigenvalue weighted by Gasteiger charge is -2.13. The van der Waals surface area contributed by atoms with Crippen LogP contribution < -0.4 is 15.4 Å². The molecular weight excluding hydrogens is 402 g/mol. The molecule has 0 aliphatic rings. The molecule has 0 atom stereocenters. The highest BCUT2D eigenvalue weighted by molar-refractivity contribution is 7.89. The largest absolute Gasteiger partial charge is 0.355 e. The topological polar surface area (TPSA) is 103 Å². The van der Waals surface area contributed by atoms with Crippen molar-refractivity contribution in [1.29, 1.82) is 0 Å². The van der Waals surface area contributed by atoms with Crippen LogP contribution in [-0.4, -0.2) is 59.4 Å². The van der Waals surface area contributed by atoms with Crippen molar-refractivity contribution in [1.82, 2.24) is 20.3 Å². The second-order valence-corrected chi connectivity index (χ2v) is 8.73. The first-order chi connectivity index (χ1) is 14.2. The number of hydrogen-bond acceptors (Lipinski definition) is 4. The van der Waals surface area contributed by atoms with Gasteiger partial charge in [-0.2, -0.15) is 0 Å². The molecule has 0 radical (unpaired) electrons. The predicted molar refractivity (Wildman–Crippen MR) is 119 cm³/mol. The molecule has 3 N–H and O–H groups in total. The molecule has 0 spiro atoms. The number of rotatable bonds is 8. The molecule has 0 aliphatic heterocycles. The second kappa shape index (κ2) is 10.7. The van der Waals surface area contributed by atoms with Crippen LogP contribution >= 0.6 is 0 Å². The lowest BCUT2D eigenvalue weighted by Crippen LogP contribution is -2.41. The van der Waals surface area contributed by atoms with Gasteiger partial charge in [0.1, 0.15) is 0 Å². The van der Waals surface area contributed by atoms with Gasteiger partial charge in [-0.3, -0.25) is 9.79 Å². The Labute approximate surface area is 178 Å². The highest BCUT2D eigenvalue weighted by Gasteiger charge is 2.12. The van der Waals surface area contributed by atoms with Gasteiger partial charge in [-0.25, -0.2) is 13.1 Å². The zero-order valence-electron chi connectivity index (χ0n) is 17.8. The molecule has 2 aromatic carbocycles. The first kappa shape index (κ1) is 23.4. The number of sulfonamides is 1. The molecule has 2 aromatic rings. The standard InChI is InChI=1S/C21H29N5O3S/c1-16-5-11-19(12-6-16)30(28,29)25-14-13-23-21(22-2)24-15-17-7-9-18(10-8-17)20(27)26(3)4/h5-12,25H,13-15H2,1-4H3,(H2,22,23,24). The Kier molecular flexibility index (Phi) is 8.37. The maximum Gasteiger partial charge on any atom is 0.253 e. The van der Waals surface area contributed by atoms with Crippen molar-refractivity contribution in [3.8, 4) is 0 Å². The molecule has 0 saturated heterocycles. The highest BCUT2D eigenvalue weighted by Crippen LogP contribution is 2.09. The van der Waals surface area contributed by atoms with Gasteiger partial charge in [0, 0.05) is 46.3 Å². The Hall–Kier alpha value is -2.91. The van der Waals surface area contributed by atoms with Crippen molar-refractivity contribution >= 4 is 21.9 Å². The highest BCUT2D eigenvalue weighted by atomic mass is 32.2. The van der Waals surface area contributed by atoms with Crippen LogP contribution in [0.5, 0.6) is 0 Å². The van der Waals surface area contributed by atoms with Crippen LogP contribution in [0.1, 0.15) is 21.5 Å². The average Bonchev–Trinajstić information content (AvgIpc) is 2.73. The molecule has 0 aromatic heterocycles. The summed E-state index contributed by atoms with van der Waals surface area (Å²) in [4.78, 5) is 17.8. The maximum atomic E-state index is 12.3. The number of nitrogens with one attached hydrogen (secondary N) is 3. The summed E-state index contributed by atoms with van der Waals surface area (Å²) in [7, 11) is 1.54. The molecule has 0 unspecified atom stereocenters. The molecule has 1 amide bonds. The Bertz CT molecular complexity index is 969. The van der Waals surface area contributed by atoms with Gasteiger partial charge in [-0.05, 0) is 36.8 Å². The zero-order valence-corrected chi connectivity index (χ0v) is 18.6. The van der Waals surface area contributed by atoms with E-state index in [9.17, 15) is 13.2 Å². The van der Waals surface area contributed by atoms with Crippen LogP contribution in [-0.2, 0) is 16.6 Å². The summed E-state index contributed by atoms with van der Waals surface area (Å²) in [5.74, 6) is 0.512. The third-order valence-corrected chi connectivity index (χ3v) is 5.81. The molecule has 9 heteroatoms. The van der Waals surface area contributed by atoms with Crippen molar-refractivity contribution in [2.75, 3.05) is 34.2 Å². The fourth-order valence-electron chi connectivity index (χ4n) is 2.60. The van der Waals surface area contributed by atoms with Crippen LogP contribution in [0, 0.1) is 6.92 Å². The lowest BCUT2D eigenvalue weighted by atomic mass is 10.1. The van der Waals surface area contributed by atoms with Gasteiger partial charge < -0.3 is 15.5 Å². The Morgan fingerprint density at radius 1 is 0.967 bits per heavy atom. The molecule has 0 heterocycles. The summed E-state index contributed by atoms with van der Waals surface area (Å²) in [5.41, 5.74) is 2.63. The van der Waals surface area contributed by atoms with Crippen LogP contribution in [0.2, 0.25) is 0 Å². The number of aliphatic imine (C=N–C) groups is 1. The molecule has 0 saturated carbocycles. The fraction of sp³-hybridized carbons (Fsp3) is 0.333. The molecule has 8 nitrogen and oxygen atoms in total. The number of carbonyl (C=O) groups excluding carboxylic acids is 1. The summed E-state index contributed by atoms with van der Waals surface area (Å²) >= 11 is 0.